The molecule has 14 heavy (non-hydrogen) atoms. The van der Waals surface area contributed by atoms with Crippen LogP contribution in [0.5, 0.6) is 11.5 Å². The summed E-state index contributed by atoms with van der Waals surface area (Å²) in [7, 11) is 0. The standard InChI is InChI=1S/C8H10O2.2C2H6/c1-2-6-3-7(9)5-8(10)4-6;2*1-2/h3-5,9-10H,2H2,1H3;2*1-2H3. The lowest BCUT2D eigenvalue weighted by Crippen LogP contribution is -1.77. The van der Waals surface area contributed by atoms with Gasteiger partial charge in [0.05, 0.1) is 0 Å². The van der Waals surface area contributed by atoms with Gasteiger partial charge in [0, 0.05) is 6.07 Å². The molecule has 0 saturated carbocycles. The first-order valence-electron chi connectivity index (χ1n) is 5.24. The first-order chi connectivity index (χ1) is 6.72. The fourth-order valence-electron chi connectivity index (χ4n) is 0.861. The molecule has 0 aliphatic carbocycles. The topological polar surface area (TPSA) is 40.5 Å². The summed E-state index contributed by atoms with van der Waals surface area (Å²) in [5, 5.41) is 17.9. The van der Waals surface area contributed by atoms with Gasteiger partial charge in [0.1, 0.15) is 11.5 Å². The van der Waals surface area contributed by atoms with Crippen LogP contribution in [0.4, 0.5) is 0 Å². The summed E-state index contributed by atoms with van der Waals surface area (Å²) < 4.78 is 0. The lowest BCUT2D eigenvalue weighted by molar-refractivity contribution is 0.449. The van der Waals surface area contributed by atoms with E-state index in [4.69, 9.17) is 10.2 Å². The molecule has 0 atom stereocenters. The van der Waals surface area contributed by atoms with E-state index in [1.54, 1.807) is 12.1 Å². The van der Waals surface area contributed by atoms with Gasteiger partial charge in [-0.05, 0) is 24.1 Å². The fraction of sp³-hybridized carbons (Fsp3) is 0.500. The highest BCUT2D eigenvalue weighted by Crippen LogP contribution is 2.20. The van der Waals surface area contributed by atoms with Crippen molar-refractivity contribution >= 4 is 0 Å². The Morgan fingerprint density at radius 1 is 0.857 bits per heavy atom. The summed E-state index contributed by atoms with van der Waals surface area (Å²) in [5.74, 6) is 0.244. The summed E-state index contributed by atoms with van der Waals surface area (Å²) in [4.78, 5) is 0. The summed E-state index contributed by atoms with van der Waals surface area (Å²) in [6.45, 7) is 9.97. The number of hydrogen-bond donors (Lipinski definition) is 2. The normalized spacial score (nSPS) is 7.79. The van der Waals surface area contributed by atoms with Crippen molar-refractivity contribution < 1.29 is 10.2 Å². The maximum atomic E-state index is 8.96. The Balaban J connectivity index is 0. The molecule has 0 aromatic heterocycles. The Morgan fingerprint density at radius 3 is 1.50 bits per heavy atom. The Labute approximate surface area is 87.2 Å². The van der Waals surface area contributed by atoms with Gasteiger partial charge in [-0.15, -0.1) is 0 Å². The second-order valence-electron chi connectivity index (χ2n) is 2.21. The van der Waals surface area contributed by atoms with Gasteiger partial charge in [0.15, 0.2) is 0 Å². The molecule has 0 unspecified atom stereocenters. The van der Waals surface area contributed by atoms with Crippen LogP contribution in [0.2, 0.25) is 0 Å². The predicted molar refractivity (Wildman–Crippen MR) is 61.8 cm³/mol. The summed E-state index contributed by atoms with van der Waals surface area (Å²) in [6, 6.07) is 4.60. The van der Waals surface area contributed by atoms with Crippen LogP contribution in [0.3, 0.4) is 0 Å². The third kappa shape index (κ3) is 6.35. The quantitative estimate of drug-likeness (QED) is 0.722. The highest BCUT2D eigenvalue weighted by atomic mass is 16.3. The maximum Gasteiger partial charge on any atom is 0.119 e. The predicted octanol–water partition coefficient (Wildman–Crippen LogP) is 3.71. The number of aromatic hydroxyl groups is 2. The number of phenols is 2. The van der Waals surface area contributed by atoms with Crippen LogP contribution >= 0.6 is 0 Å². The van der Waals surface area contributed by atoms with Crippen LogP contribution in [-0.4, -0.2) is 10.2 Å². The highest BCUT2D eigenvalue weighted by molar-refractivity contribution is 5.36. The molecule has 0 radical (unpaired) electrons. The van der Waals surface area contributed by atoms with Crippen LogP contribution in [0, 0.1) is 0 Å². The van der Waals surface area contributed by atoms with E-state index in [-0.39, 0.29) is 11.5 Å². The minimum Gasteiger partial charge on any atom is -0.508 e. The number of benzene rings is 1. The number of phenolic OH excluding ortho intramolecular Hbond substituents is 2. The summed E-state index contributed by atoms with van der Waals surface area (Å²) in [6.07, 6.45) is 0.821. The fourth-order valence-corrected chi connectivity index (χ4v) is 0.861. The SMILES string of the molecule is CC.CC.CCc1cc(O)cc(O)c1. The molecule has 2 heteroatoms. The zero-order chi connectivity index (χ0) is 11.6. The van der Waals surface area contributed by atoms with Crippen molar-refractivity contribution in [3.63, 3.8) is 0 Å². The van der Waals surface area contributed by atoms with E-state index in [0.29, 0.717) is 0 Å². The van der Waals surface area contributed by atoms with Gasteiger partial charge < -0.3 is 10.2 Å². The third-order valence-corrected chi connectivity index (χ3v) is 1.37. The molecule has 1 rings (SSSR count). The smallest absolute Gasteiger partial charge is 0.119 e. The molecule has 82 valence electrons. The van der Waals surface area contributed by atoms with E-state index in [9.17, 15) is 0 Å². The maximum absolute atomic E-state index is 8.96. The van der Waals surface area contributed by atoms with Crippen LogP contribution < -0.4 is 0 Å². The van der Waals surface area contributed by atoms with Gasteiger partial charge >= 0.3 is 0 Å². The molecule has 0 fully saturated rings. The highest BCUT2D eigenvalue weighted by Gasteiger charge is 1.95. The lowest BCUT2D eigenvalue weighted by atomic mass is 10.1. The van der Waals surface area contributed by atoms with E-state index in [0.717, 1.165) is 12.0 Å². The number of hydrogen-bond acceptors (Lipinski definition) is 2. The van der Waals surface area contributed by atoms with E-state index in [1.807, 2.05) is 34.6 Å². The molecular weight excluding hydrogens is 176 g/mol. The molecule has 0 aliphatic rings. The average molecular weight is 198 g/mol. The molecule has 0 saturated heterocycles. The van der Waals surface area contributed by atoms with Gasteiger partial charge in [-0.2, -0.15) is 0 Å². The van der Waals surface area contributed by atoms with Gasteiger partial charge in [-0.1, -0.05) is 34.6 Å². The molecule has 0 heterocycles. The van der Waals surface area contributed by atoms with Crippen molar-refractivity contribution in [3.8, 4) is 11.5 Å². The van der Waals surface area contributed by atoms with Crippen molar-refractivity contribution in [2.45, 2.75) is 41.0 Å². The first kappa shape index (κ1) is 15.3. The monoisotopic (exact) mass is 198 g/mol. The Bertz CT molecular complexity index is 212. The first-order valence-corrected chi connectivity index (χ1v) is 5.24. The van der Waals surface area contributed by atoms with Crippen molar-refractivity contribution in [1.29, 1.82) is 0 Å². The van der Waals surface area contributed by atoms with Crippen molar-refractivity contribution in [2.75, 3.05) is 0 Å². The summed E-state index contributed by atoms with van der Waals surface area (Å²) in [5.41, 5.74) is 0.942. The third-order valence-electron chi connectivity index (χ3n) is 1.37. The van der Waals surface area contributed by atoms with Gasteiger partial charge in [-0.25, -0.2) is 0 Å². The Morgan fingerprint density at radius 2 is 1.21 bits per heavy atom. The Kier molecular flexibility index (Phi) is 10.8. The van der Waals surface area contributed by atoms with Crippen LogP contribution in [0.15, 0.2) is 18.2 Å². The molecule has 0 aliphatic heterocycles. The van der Waals surface area contributed by atoms with Gasteiger partial charge in [0.2, 0.25) is 0 Å². The molecule has 1 aromatic carbocycles. The number of rotatable bonds is 1. The minimum absolute atomic E-state index is 0.122. The van der Waals surface area contributed by atoms with E-state index in [2.05, 4.69) is 0 Å². The zero-order valence-corrected chi connectivity index (χ0v) is 9.83. The molecule has 0 amide bonds. The van der Waals surface area contributed by atoms with Crippen molar-refractivity contribution in [1.82, 2.24) is 0 Å². The van der Waals surface area contributed by atoms with E-state index < -0.39 is 0 Å². The van der Waals surface area contributed by atoms with E-state index in [1.165, 1.54) is 6.07 Å². The minimum atomic E-state index is 0.122. The van der Waals surface area contributed by atoms with Crippen molar-refractivity contribution in [3.05, 3.63) is 23.8 Å². The molecule has 2 N–H and O–H groups in total. The molecule has 1 aromatic rings. The lowest BCUT2D eigenvalue weighted by Gasteiger charge is -1.98. The van der Waals surface area contributed by atoms with Gasteiger partial charge in [0.25, 0.3) is 0 Å². The molecule has 0 spiro atoms. The second kappa shape index (κ2) is 9.90. The summed E-state index contributed by atoms with van der Waals surface area (Å²) >= 11 is 0. The Hall–Kier alpha value is -1.18. The van der Waals surface area contributed by atoms with Crippen LogP contribution in [-0.2, 0) is 6.42 Å². The van der Waals surface area contributed by atoms with Crippen LogP contribution in [0.1, 0.15) is 40.2 Å². The zero-order valence-electron chi connectivity index (χ0n) is 9.83. The molecule has 2 nitrogen and oxygen atoms in total. The molecular formula is C12H22O2. The van der Waals surface area contributed by atoms with Crippen LogP contribution in [0.25, 0.3) is 0 Å². The van der Waals surface area contributed by atoms with E-state index >= 15 is 0 Å². The largest absolute Gasteiger partial charge is 0.508 e. The number of aryl methyl sites for hydroxylation is 1. The second-order valence-corrected chi connectivity index (χ2v) is 2.21. The molecule has 0 bridgehead atoms. The van der Waals surface area contributed by atoms with Gasteiger partial charge in [-0.3, -0.25) is 0 Å². The average Bonchev–Trinajstić information content (AvgIpc) is 2.22. The van der Waals surface area contributed by atoms with Crippen molar-refractivity contribution in [2.24, 2.45) is 0 Å².